The lowest BCUT2D eigenvalue weighted by Crippen LogP contribution is -2.29. The summed E-state index contributed by atoms with van der Waals surface area (Å²) in [6.45, 7) is 0. The molecule has 2 aromatic heterocycles. The van der Waals surface area contributed by atoms with Gasteiger partial charge in [-0.1, -0.05) is 188 Å². The molecule has 0 saturated carbocycles. The van der Waals surface area contributed by atoms with Crippen LogP contribution < -0.4 is 0 Å². The van der Waals surface area contributed by atoms with Crippen molar-refractivity contribution >= 4 is 21.9 Å². The molecule has 62 heavy (non-hydrogen) atoms. The molecule has 2 heterocycles. The average molecular weight is 789 g/mol. The molecule has 3 nitrogen and oxygen atoms in total. The van der Waals surface area contributed by atoms with Gasteiger partial charge in [0, 0.05) is 27.5 Å². The molecule has 9 aromatic carbocycles. The second-order valence-corrected chi connectivity index (χ2v) is 16.4. The summed E-state index contributed by atoms with van der Waals surface area (Å²) in [4.78, 5) is 10.7. The van der Waals surface area contributed by atoms with E-state index in [0.717, 1.165) is 55.6 Å². The summed E-state index contributed by atoms with van der Waals surface area (Å²) in [6, 6.07) is 78.8. The number of hydrogen-bond donors (Lipinski definition) is 0. The van der Waals surface area contributed by atoms with Crippen molar-refractivity contribution in [3.05, 3.63) is 241 Å². The molecule has 11 aromatic rings. The number of aromatic nitrogens is 2. The lowest BCUT2D eigenvalue weighted by atomic mass is 9.65. The Morgan fingerprint density at radius 3 is 1.44 bits per heavy atom. The van der Waals surface area contributed by atoms with Gasteiger partial charge in [-0.2, -0.15) is 0 Å². The Balaban J connectivity index is 1.05. The van der Waals surface area contributed by atoms with E-state index in [1.165, 1.54) is 61.2 Å². The minimum absolute atomic E-state index is 0.591. The molecule has 0 aliphatic heterocycles. The average Bonchev–Trinajstić information content (AvgIpc) is 3.84. The van der Waals surface area contributed by atoms with E-state index >= 15 is 0 Å². The Bertz CT molecular complexity index is 3510. The first-order chi connectivity index (χ1) is 30.7. The van der Waals surface area contributed by atoms with E-state index in [1.807, 2.05) is 12.1 Å². The number of furan rings is 1. The Hall–Kier alpha value is -8.14. The molecule has 1 spiro atoms. The molecule has 3 heteroatoms. The standard InChI is InChI=1S/C59H36N2O/c1-2-14-37(15-3-1)38-26-28-39(29-27-38)54-36-55(61-58(60-54)41-31-33-49-48-21-9-13-25-56(48)62-57(49)35-41)40-30-32-47-46-20-8-12-24-52(46)59(53(47)34-40)50-22-10-6-18-44(50)42-16-4-5-17-43(42)45-19-7-11-23-51(45)59/h1-36H. The zero-order chi connectivity index (χ0) is 40.8. The maximum atomic E-state index is 6.38. The van der Waals surface area contributed by atoms with Crippen molar-refractivity contribution in [1.29, 1.82) is 0 Å². The molecule has 2 aliphatic rings. The molecular formula is C59H36N2O. The first-order valence-electron chi connectivity index (χ1n) is 21.2. The van der Waals surface area contributed by atoms with E-state index in [4.69, 9.17) is 14.4 Å². The number of hydrogen-bond acceptors (Lipinski definition) is 3. The molecular weight excluding hydrogens is 753 g/mol. The Morgan fingerprint density at radius 1 is 0.290 bits per heavy atom. The molecule has 0 fully saturated rings. The molecule has 0 saturated heterocycles. The largest absolute Gasteiger partial charge is 0.456 e. The summed E-state index contributed by atoms with van der Waals surface area (Å²) < 4.78 is 6.38. The van der Waals surface area contributed by atoms with Gasteiger partial charge in [0.05, 0.1) is 16.8 Å². The monoisotopic (exact) mass is 788 g/mol. The quantitative estimate of drug-likeness (QED) is 0.178. The second kappa shape index (κ2) is 13.4. The summed E-state index contributed by atoms with van der Waals surface area (Å²) in [5.41, 5.74) is 20.7. The molecule has 0 radical (unpaired) electrons. The van der Waals surface area contributed by atoms with Crippen LogP contribution in [-0.4, -0.2) is 9.97 Å². The fourth-order valence-corrected chi connectivity index (χ4v) is 10.4. The third kappa shape index (κ3) is 5.06. The highest BCUT2D eigenvalue weighted by Crippen LogP contribution is 2.61. The predicted octanol–water partition coefficient (Wildman–Crippen LogP) is 15.1. The van der Waals surface area contributed by atoms with Crippen molar-refractivity contribution in [2.45, 2.75) is 5.41 Å². The molecule has 2 aliphatic carbocycles. The molecule has 0 atom stereocenters. The Morgan fingerprint density at radius 2 is 0.758 bits per heavy atom. The fourth-order valence-electron chi connectivity index (χ4n) is 10.4. The zero-order valence-electron chi connectivity index (χ0n) is 33.6. The van der Waals surface area contributed by atoms with Crippen LogP contribution in [0, 0.1) is 0 Å². The minimum Gasteiger partial charge on any atom is -0.456 e. The van der Waals surface area contributed by atoms with Gasteiger partial charge in [0.25, 0.3) is 0 Å². The van der Waals surface area contributed by atoms with Crippen molar-refractivity contribution in [1.82, 2.24) is 9.97 Å². The van der Waals surface area contributed by atoms with Gasteiger partial charge in [0.2, 0.25) is 0 Å². The summed E-state index contributed by atoms with van der Waals surface area (Å²) in [5, 5.41) is 2.17. The van der Waals surface area contributed by atoms with E-state index < -0.39 is 5.41 Å². The SMILES string of the molecule is c1ccc(-c2ccc(-c3cc(-c4ccc5c(c4)C4(c6ccccc6-c6ccccc6-c6ccccc64)c4ccccc4-5)nc(-c4ccc5c(c4)oc4ccccc45)n3)cc2)cc1. The van der Waals surface area contributed by atoms with Crippen molar-refractivity contribution in [3.8, 4) is 78.4 Å². The van der Waals surface area contributed by atoms with Crippen LogP contribution in [-0.2, 0) is 5.41 Å². The van der Waals surface area contributed by atoms with Gasteiger partial charge in [0.1, 0.15) is 11.2 Å². The third-order valence-corrected chi connectivity index (χ3v) is 13.2. The molecule has 288 valence electrons. The lowest BCUT2D eigenvalue weighted by molar-refractivity contribution is 0.669. The molecule has 0 amide bonds. The zero-order valence-corrected chi connectivity index (χ0v) is 33.6. The highest BCUT2D eigenvalue weighted by Gasteiger charge is 2.49. The van der Waals surface area contributed by atoms with Gasteiger partial charge >= 0.3 is 0 Å². The van der Waals surface area contributed by atoms with Gasteiger partial charge in [-0.05, 0) is 97.1 Å². The number of para-hydroxylation sites is 1. The van der Waals surface area contributed by atoms with Gasteiger partial charge in [0.15, 0.2) is 5.82 Å². The first-order valence-corrected chi connectivity index (χ1v) is 21.2. The van der Waals surface area contributed by atoms with Crippen LogP contribution in [0.25, 0.3) is 100 Å². The lowest BCUT2D eigenvalue weighted by Gasteiger charge is -2.35. The molecule has 0 unspecified atom stereocenters. The van der Waals surface area contributed by atoms with Gasteiger partial charge < -0.3 is 4.42 Å². The molecule has 0 N–H and O–H groups in total. The van der Waals surface area contributed by atoms with Crippen LogP contribution >= 0.6 is 0 Å². The number of fused-ring (bicyclic) bond motifs is 15. The van der Waals surface area contributed by atoms with E-state index in [1.54, 1.807) is 0 Å². The van der Waals surface area contributed by atoms with E-state index in [-0.39, 0.29) is 0 Å². The maximum Gasteiger partial charge on any atom is 0.160 e. The number of benzene rings is 9. The van der Waals surface area contributed by atoms with Crippen LogP contribution in [0.1, 0.15) is 22.3 Å². The van der Waals surface area contributed by atoms with E-state index in [0.29, 0.717) is 5.82 Å². The normalized spacial score (nSPS) is 13.0. The highest BCUT2D eigenvalue weighted by molar-refractivity contribution is 6.06. The minimum atomic E-state index is -0.591. The Kier molecular flexibility index (Phi) is 7.52. The number of rotatable bonds is 4. The first kappa shape index (κ1) is 34.7. The van der Waals surface area contributed by atoms with Gasteiger partial charge in [-0.25, -0.2) is 9.97 Å². The fraction of sp³-hybridized carbons (Fsp3) is 0.0169. The van der Waals surface area contributed by atoms with Crippen LogP contribution in [0.5, 0.6) is 0 Å². The van der Waals surface area contributed by atoms with Crippen molar-refractivity contribution < 1.29 is 4.42 Å². The van der Waals surface area contributed by atoms with Crippen LogP contribution in [0.4, 0.5) is 0 Å². The second-order valence-electron chi connectivity index (χ2n) is 16.4. The van der Waals surface area contributed by atoms with Crippen LogP contribution in [0.2, 0.25) is 0 Å². The van der Waals surface area contributed by atoms with Crippen molar-refractivity contribution in [3.63, 3.8) is 0 Å². The summed E-state index contributed by atoms with van der Waals surface area (Å²) in [6.07, 6.45) is 0. The Labute approximate surface area is 359 Å². The van der Waals surface area contributed by atoms with E-state index in [9.17, 15) is 0 Å². The number of nitrogens with zero attached hydrogens (tertiary/aromatic N) is 2. The maximum absolute atomic E-state index is 6.38. The topological polar surface area (TPSA) is 38.9 Å². The molecule has 0 bridgehead atoms. The van der Waals surface area contributed by atoms with Gasteiger partial charge in [-0.3, -0.25) is 0 Å². The van der Waals surface area contributed by atoms with Crippen molar-refractivity contribution in [2.75, 3.05) is 0 Å². The summed E-state index contributed by atoms with van der Waals surface area (Å²) in [7, 11) is 0. The summed E-state index contributed by atoms with van der Waals surface area (Å²) >= 11 is 0. The summed E-state index contributed by atoms with van der Waals surface area (Å²) in [5.74, 6) is 0.645. The van der Waals surface area contributed by atoms with Gasteiger partial charge in [-0.15, -0.1) is 0 Å². The third-order valence-electron chi connectivity index (χ3n) is 13.2. The smallest absolute Gasteiger partial charge is 0.160 e. The van der Waals surface area contributed by atoms with Crippen LogP contribution in [0.3, 0.4) is 0 Å². The predicted molar refractivity (Wildman–Crippen MR) is 253 cm³/mol. The highest BCUT2D eigenvalue weighted by atomic mass is 16.3. The van der Waals surface area contributed by atoms with E-state index in [2.05, 4.69) is 206 Å². The molecule has 13 rings (SSSR count). The van der Waals surface area contributed by atoms with Crippen molar-refractivity contribution in [2.24, 2.45) is 0 Å². The van der Waals surface area contributed by atoms with Crippen LogP contribution in [0.15, 0.2) is 223 Å².